The summed E-state index contributed by atoms with van der Waals surface area (Å²) in [5.41, 5.74) is 2.50. The van der Waals surface area contributed by atoms with E-state index in [9.17, 15) is 4.79 Å². The van der Waals surface area contributed by atoms with Crippen molar-refractivity contribution >= 4 is 56.8 Å². The summed E-state index contributed by atoms with van der Waals surface area (Å²) >= 11 is 5.31. The quantitative estimate of drug-likeness (QED) is 0.738. The van der Waals surface area contributed by atoms with E-state index in [1.54, 1.807) is 23.1 Å². The van der Waals surface area contributed by atoms with Gasteiger partial charge in [-0.15, -0.1) is 11.3 Å². The number of hydrogen-bond donors (Lipinski definition) is 0. The summed E-state index contributed by atoms with van der Waals surface area (Å²) in [6.45, 7) is 0.341. The van der Waals surface area contributed by atoms with Gasteiger partial charge < -0.3 is 0 Å². The number of thiophene rings is 1. The number of amidine groups is 2. The van der Waals surface area contributed by atoms with E-state index in [-0.39, 0.29) is 5.91 Å². The predicted molar refractivity (Wildman–Crippen MR) is 83.0 cm³/mol. The van der Waals surface area contributed by atoms with Crippen molar-refractivity contribution < 1.29 is 4.79 Å². The van der Waals surface area contributed by atoms with Gasteiger partial charge in [0, 0.05) is 10.6 Å². The van der Waals surface area contributed by atoms with Gasteiger partial charge in [-0.25, -0.2) is 4.99 Å². The van der Waals surface area contributed by atoms with Crippen LogP contribution in [0.15, 0.2) is 9.98 Å². The number of rotatable bonds is 0. The van der Waals surface area contributed by atoms with Crippen molar-refractivity contribution in [2.75, 3.05) is 18.6 Å². The molecule has 4 rings (SSSR count). The van der Waals surface area contributed by atoms with E-state index in [4.69, 9.17) is 4.99 Å². The van der Waals surface area contributed by atoms with E-state index in [1.807, 2.05) is 22.9 Å². The lowest BCUT2D eigenvalue weighted by Crippen LogP contribution is -2.36. The maximum absolute atomic E-state index is 11.7. The summed E-state index contributed by atoms with van der Waals surface area (Å²) in [5, 5.41) is 1.94. The number of amides is 1. The number of fused-ring (bicyclic) bond motifs is 5. The molecule has 4 heterocycles. The fourth-order valence-electron chi connectivity index (χ4n) is 2.60. The van der Waals surface area contributed by atoms with Crippen molar-refractivity contribution in [3.05, 3.63) is 16.0 Å². The Morgan fingerprint density at radius 2 is 2.26 bits per heavy atom. The molecule has 0 aromatic carbocycles. The van der Waals surface area contributed by atoms with Gasteiger partial charge in [0.2, 0.25) is 0 Å². The van der Waals surface area contributed by atoms with Crippen LogP contribution in [-0.4, -0.2) is 40.4 Å². The number of carbonyl (C=O) groups is 1. The summed E-state index contributed by atoms with van der Waals surface area (Å²) in [6.07, 6.45) is 3.06. The minimum atomic E-state index is -0.0604. The molecule has 0 saturated heterocycles. The molecule has 19 heavy (non-hydrogen) atoms. The van der Waals surface area contributed by atoms with Crippen LogP contribution in [0.3, 0.4) is 0 Å². The van der Waals surface area contributed by atoms with Gasteiger partial charge in [-0.1, -0.05) is 11.8 Å². The number of thioether (sulfide) groups is 2. The van der Waals surface area contributed by atoms with Crippen molar-refractivity contribution in [1.29, 1.82) is 0 Å². The van der Waals surface area contributed by atoms with E-state index < -0.39 is 0 Å². The lowest BCUT2D eigenvalue weighted by Gasteiger charge is -2.24. The van der Waals surface area contributed by atoms with E-state index >= 15 is 0 Å². The highest BCUT2D eigenvalue weighted by molar-refractivity contribution is 8.13. The van der Waals surface area contributed by atoms with Crippen molar-refractivity contribution in [2.24, 2.45) is 9.98 Å². The number of hydrogen-bond acceptors (Lipinski definition) is 6. The van der Waals surface area contributed by atoms with Crippen LogP contribution in [0.5, 0.6) is 0 Å². The summed E-state index contributed by atoms with van der Waals surface area (Å²) in [5.74, 6) is 2.99. The van der Waals surface area contributed by atoms with Gasteiger partial charge in [0.1, 0.15) is 17.4 Å². The first-order valence-corrected chi connectivity index (χ1v) is 9.22. The zero-order valence-corrected chi connectivity index (χ0v) is 12.8. The lowest BCUT2D eigenvalue weighted by molar-refractivity contribution is -0.116. The third-order valence-electron chi connectivity index (χ3n) is 3.42. The molecule has 1 aromatic rings. The third kappa shape index (κ3) is 1.71. The molecule has 0 unspecified atom stereocenters. The fourth-order valence-corrected chi connectivity index (χ4v) is 5.56. The Hall–Kier alpha value is -0.790. The second kappa shape index (κ2) is 4.36. The molecule has 0 fully saturated rings. The highest BCUT2D eigenvalue weighted by Gasteiger charge is 2.37. The molecule has 0 N–H and O–H groups in total. The standard InChI is InChI=1S/C12H11N3OS3/c1-17-12-14-11-9(10-13-8(16)4-15(10)12)6-2-3-18-5-7(6)19-11/h2-5H2,1H3. The van der Waals surface area contributed by atoms with E-state index in [2.05, 4.69) is 4.99 Å². The predicted octanol–water partition coefficient (Wildman–Crippen LogP) is 2.49. The smallest absolute Gasteiger partial charge is 0.267 e. The van der Waals surface area contributed by atoms with Crippen molar-refractivity contribution in [3.63, 3.8) is 0 Å². The molecule has 1 amide bonds. The molecule has 0 aliphatic carbocycles. The Morgan fingerprint density at radius 1 is 1.37 bits per heavy atom. The summed E-state index contributed by atoms with van der Waals surface area (Å²) < 4.78 is 0. The molecular weight excluding hydrogens is 298 g/mol. The summed E-state index contributed by atoms with van der Waals surface area (Å²) in [4.78, 5) is 24.0. The third-order valence-corrected chi connectivity index (χ3v) is 6.39. The molecule has 3 aliphatic rings. The maximum atomic E-state index is 11.7. The van der Waals surface area contributed by atoms with Crippen LogP contribution in [0.4, 0.5) is 5.00 Å². The molecule has 4 nitrogen and oxygen atoms in total. The van der Waals surface area contributed by atoms with E-state index in [0.717, 1.165) is 39.5 Å². The number of aliphatic imine (C=N–C) groups is 2. The molecule has 0 bridgehead atoms. The Morgan fingerprint density at radius 3 is 3.11 bits per heavy atom. The minimum absolute atomic E-state index is 0.0604. The van der Waals surface area contributed by atoms with Gasteiger partial charge >= 0.3 is 0 Å². The topological polar surface area (TPSA) is 45.0 Å². The average molecular weight is 309 g/mol. The van der Waals surface area contributed by atoms with Crippen molar-refractivity contribution in [3.8, 4) is 0 Å². The van der Waals surface area contributed by atoms with Crippen LogP contribution >= 0.6 is 34.9 Å². The van der Waals surface area contributed by atoms with Gasteiger partial charge in [-0.05, 0) is 24.0 Å². The molecule has 1 aromatic heterocycles. The molecule has 98 valence electrons. The van der Waals surface area contributed by atoms with Gasteiger partial charge in [0.15, 0.2) is 5.17 Å². The zero-order chi connectivity index (χ0) is 13.0. The Bertz CT molecular complexity index is 647. The monoisotopic (exact) mass is 309 g/mol. The molecule has 0 saturated carbocycles. The largest absolute Gasteiger partial charge is 0.295 e. The molecule has 0 atom stereocenters. The second-order valence-electron chi connectivity index (χ2n) is 4.50. The molecule has 0 spiro atoms. The van der Waals surface area contributed by atoms with Crippen LogP contribution < -0.4 is 0 Å². The van der Waals surface area contributed by atoms with Crippen LogP contribution in [0.25, 0.3) is 0 Å². The number of carbonyl (C=O) groups excluding carboxylic acids is 1. The van der Waals surface area contributed by atoms with E-state index in [0.29, 0.717) is 6.54 Å². The SMILES string of the molecule is CSC1=Nc2sc3c(c2C2=NC(=O)CN12)CCSC3. The Labute approximate surface area is 123 Å². The van der Waals surface area contributed by atoms with Gasteiger partial charge in [-0.3, -0.25) is 9.69 Å². The van der Waals surface area contributed by atoms with Gasteiger partial charge in [0.05, 0.1) is 5.56 Å². The zero-order valence-electron chi connectivity index (χ0n) is 10.3. The Kier molecular flexibility index (Phi) is 2.75. The molecule has 0 radical (unpaired) electrons. The van der Waals surface area contributed by atoms with Crippen LogP contribution in [0, 0.1) is 0 Å². The van der Waals surface area contributed by atoms with E-state index in [1.165, 1.54) is 10.4 Å². The maximum Gasteiger partial charge on any atom is 0.267 e. The van der Waals surface area contributed by atoms with Crippen LogP contribution in [0.2, 0.25) is 0 Å². The van der Waals surface area contributed by atoms with Gasteiger partial charge in [0.25, 0.3) is 5.91 Å². The molecule has 3 aliphatic heterocycles. The second-order valence-corrected chi connectivity index (χ2v) is 7.46. The minimum Gasteiger partial charge on any atom is -0.295 e. The van der Waals surface area contributed by atoms with Crippen molar-refractivity contribution in [2.45, 2.75) is 12.2 Å². The highest BCUT2D eigenvalue weighted by atomic mass is 32.2. The van der Waals surface area contributed by atoms with Crippen LogP contribution in [-0.2, 0) is 17.0 Å². The molecule has 7 heteroatoms. The van der Waals surface area contributed by atoms with Crippen LogP contribution in [0.1, 0.15) is 16.0 Å². The lowest BCUT2D eigenvalue weighted by atomic mass is 10.1. The normalized spacial score (nSPS) is 20.7. The van der Waals surface area contributed by atoms with Gasteiger partial charge in [-0.2, -0.15) is 16.8 Å². The molecular formula is C12H11N3OS3. The first-order chi connectivity index (χ1) is 9.28. The summed E-state index contributed by atoms with van der Waals surface area (Å²) in [6, 6.07) is 0. The first kappa shape index (κ1) is 12.0. The Balaban J connectivity index is 1.95. The number of nitrogens with zero attached hydrogens (tertiary/aromatic N) is 3. The average Bonchev–Trinajstić information content (AvgIpc) is 2.96. The fraction of sp³-hybridized carbons (Fsp3) is 0.417. The highest BCUT2D eigenvalue weighted by Crippen LogP contribution is 2.44. The summed E-state index contributed by atoms with van der Waals surface area (Å²) in [7, 11) is 0. The van der Waals surface area contributed by atoms with Crippen molar-refractivity contribution in [1.82, 2.24) is 4.90 Å². The first-order valence-electron chi connectivity index (χ1n) is 6.02.